The van der Waals surface area contributed by atoms with Crippen molar-refractivity contribution >= 4 is 19.9 Å². The number of carbonyl (C=O) groups is 1. The highest BCUT2D eigenvalue weighted by Gasteiger charge is 2.33. The van der Waals surface area contributed by atoms with Gasteiger partial charge >= 0.3 is 0 Å². The molecule has 0 N–H and O–H groups in total. The van der Waals surface area contributed by atoms with Crippen molar-refractivity contribution in [3.8, 4) is 5.75 Å². The van der Waals surface area contributed by atoms with Gasteiger partial charge in [-0.05, 0) is 36.1 Å². The number of carbonyl (C=O) groups excluding carboxylic acids is 1. The Hall–Kier alpha value is -1.35. The number of hydrogen-bond donors (Lipinski definition) is 0. The molecule has 0 spiro atoms. The van der Waals surface area contributed by atoms with Gasteiger partial charge in [-0.3, -0.25) is 4.79 Å². The van der Waals surface area contributed by atoms with Crippen molar-refractivity contribution in [1.82, 2.24) is 0 Å². The third-order valence-corrected chi connectivity index (χ3v) is 7.19. The van der Waals surface area contributed by atoms with Gasteiger partial charge in [0.2, 0.25) is 0 Å². The van der Waals surface area contributed by atoms with E-state index in [1.165, 1.54) is 0 Å². The zero-order valence-electron chi connectivity index (χ0n) is 12.9. The van der Waals surface area contributed by atoms with Crippen LogP contribution in [0.4, 0.5) is 0 Å². The van der Waals surface area contributed by atoms with Crippen LogP contribution in [0.25, 0.3) is 6.08 Å². The molecule has 0 heterocycles. The second-order valence-electron chi connectivity index (χ2n) is 6.64. The van der Waals surface area contributed by atoms with Gasteiger partial charge < -0.3 is 4.74 Å². The molecule has 0 aliphatic heterocycles. The van der Waals surface area contributed by atoms with Gasteiger partial charge in [0.15, 0.2) is 5.78 Å². The van der Waals surface area contributed by atoms with Crippen LogP contribution in [0.15, 0.2) is 29.8 Å². The lowest BCUT2D eigenvalue weighted by molar-refractivity contribution is -0.116. The van der Waals surface area contributed by atoms with Crippen molar-refractivity contribution < 1.29 is 9.53 Å². The first-order chi connectivity index (χ1) is 9.41. The molecule has 1 atom stereocenters. The van der Waals surface area contributed by atoms with E-state index in [1.54, 1.807) is 7.11 Å². The lowest BCUT2D eigenvalue weighted by atomic mass is 9.91. The fraction of sp³-hybridized carbons (Fsp3) is 0.471. The number of Topliss-reactive ketones (excluding diaryl/α,β-unsaturated/α-hetero) is 1. The molecule has 1 fully saturated rings. The standard InChI is InChI=1S/C17H24O2Si/c1-19-17-8-6-5-7-14(17)11-13-9-10-15(12-16(13)18)20(2,3)4/h5-8,11,15H,9-10,12H2,1-4H3/b13-11-. The van der Waals surface area contributed by atoms with E-state index in [4.69, 9.17) is 4.74 Å². The summed E-state index contributed by atoms with van der Waals surface area (Å²) in [5.41, 5.74) is 2.60. The summed E-state index contributed by atoms with van der Waals surface area (Å²) in [7, 11) is 0.458. The summed E-state index contributed by atoms with van der Waals surface area (Å²) in [6.07, 6.45) is 4.81. The molecule has 108 valence electrons. The average molecular weight is 288 g/mol. The first-order valence-electron chi connectivity index (χ1n) is 7.28. The van der Waals surface area contributed by atoms with Gasteiger partial charge in [0, 0.05) is 20.1 Å². The van der Waals surface area contributed by atoms with Crippen molar-refractivity contribution in [1.29, 1.82) is 0 Å². The van der Waals surface area contributed by atoms with Crippen LogP contribution < -0.4 is 4.74 Å². The summed E-state index contributed by atoms with van der Waals surface area (Å²) in [6.45, 7) is 7.08. The Morgan fingerprint density at radius 1 is 1.25 bits per heavy atom. The zero-order valence-corrected chi connectivity index (χ0v) is 13.9. The fourth-order valence-corrected chi connectivity index (χ4v) is 4.60. The molecule has 20 heavy (non-hydrogen) atoms. The maximum atomic E-state index is 12.4. The molecule has 1 aliphatic carbocycles. The lowest BCUT2D eigenvalue weighted by Gasteiger charge is -2.32. The molecule has 0 saturated heterocycles. The van der Waals surface area contributed by atoms with Gasteiger partial charge in [-0.25, -0.2) is 0 Å². The Morgan fingerprint density at radius 2 is 1.95 bits per heavy atom. The molecule has 0 aromatic heterocycles. The van der Waals surface area contributed by atoms with Gasteiger partial charge in [-0.1, -0.05) is 37.8 Å². The van der Waals surface area contributed by atoms with E-state index in [1.807, 2.05) is 30.3 Å². The van der Waals surface area contributed by atoms with Crippen LogP contribution in [0.2, 0.25) is 25.2 Å². The second kappa shape index (κ2) is 5.96. The molecule has 2 rings (SSSR count). The molecule has 1 unspecified atom stereocenters. The number of allylic oxidation sites excluding steroid dienone is 1. The van der Waals surface area contributed by atoms with Crippen molar-refractivity contribution in [2.24, 2.45) is 0 Å². The fourth-order valence-electron chi connectivity index (χ4n) is 2.79. The summed E-state index contributed by atoms with van der Waals surface area (Å²) in [5.74, 6) is 1.16. The minimum Gasteiger partial charge on any atom is -0.496 e. The monoisotopic (exact) mass is 288 g/mol. The number of ketones is 1. The summed E-state index contributed by atoms with van der Waals surface area (Å²) in [6, 6.07) is 7.87. The molecule has 2 nitrogen and oxygen atoms in total. The number of methoxy groups -OCH3 is 1. The van der Waals surface area contributed by atoms with Gasteiger partial charge in [0.05, 0.1) is 7.11 Å². The van der Waals surface area contributed by atoms with Crippen LogP contribution in [0.5, 0.6) is 5.75 Å². The van der Waals surface area contributed by atoms with Crippen molar-refractivity contribution in [3.05, 3.63) is 35.4 Å². The highest BCUT2D eigenvalue weighted by atomic mass is 28.3. The second-order valence-corrected chi connectivity index (χ2v) is 12.2. The summed E-state index contributed by atoms with van der Waals surface area (Å²) in [4.78, 5) is 12.4. The molecule has 1 saturated carbocycles. The van der Waals surface area contributed by atoms with E-state index in [2.05, 4.69) is 19.6 Å². The first-order valence-corrected chi connectivity index (χ1v) is 10.9. The van der Waals surface area contributed by atoms with E-state index >= 15 is 0 Å². The SMILES string of the molecule is COc1ccccc1/C=C1/CCC([Si](C)(C)C)CC1=O. The van der Waals surface area contributed by atoms with Gasteiger partial charge in [0.1, 0.15) is 5.75 Å². The molecule has 1 aromatic carbocycles. The molecule has 3 heteroatoms. The van der Waals surface area contributed by atoms with E-state index < -0.39 is 8.07 Å². The Labute approximate surface area is 122 Å². The van der Waals surface area contributed by atoms with Crippen molar-refractivity contribution in [3.63, 3.8) is 0 Å². The van der Waals surface area contributed by atoms with Crippen LogP contribution >= 0.6 is 0 Å². The minimum absolute atomic E-state index is 0.328. The Balaban J connectivity index is 2.19. The highest BCUT2D eigenvalue weighted by Crippen LogP contribution is 2.38. The summed E-state index contributed by atoms with van der Waals surface area (Å²) >= 11 is 0. The molecule has 0 radical (unpaired) electrons. The third-order valence-electron chi connectivity index (χ3n) is 4.25. The van der Waals surface area contributed by atoms with Crippen LogP contribution in [0.3, 0.4) is 0 Å². The zero-order chi connectivity index (χ0) is 14.8. The largest absolute Gasteiger partial charge is 0.496 e. The van der Waals surface area contributed by atoms with Crippen molar-refractivity contribution in [2.45, 2.75) is 44.4 Å². The Bertz CT molecular complexity index is 526. The quantitative estimate of drug-likeness (QED) is 0.603. The topological polar surface area (TPSA) is 26.3 Å². The van der Waals surface area contributed by atoms with Gasteiger partial charge in [-0.2, -0.15) is 0 Å². The van der Waals surface area contributed by atoms with E-state index in [0.717, 1.165) is 36.1 Å². The third kappa shape index (κ3) is 3.40. The number of para-hydroxylation sites is 1. The maximum Gasteiger partial charge on any atom is 0.158 e. The van der Waals surface area contributed by atoms with Crippen molar-refractivity contribution in [2.75, 3.05) is 7.11 Å². The number of rotatable bonds is 3. The van der Waals surface area contributed by atoms with Gasteiger partial charge in [0.25, 0.3) is 0 Å². The van der Waals surface area contributed by atoms with Crippen LogP contribution in [-0.4, -0.2) is 21.0 Å². The number of benzene rings is 1. The van der Waals surface area contributed by atoms with Crippen LogP contribution in [0.1, 0.15) is 24.8 Å². The lowest BCUT2D eigenvalue weighted by Crippen LogP contribution is -2.32. The number of hydrogen-bond acceptors (Lipinski definition) is 2. The van der Waals surface area contributed by atoms with E-state index in [0.29, 0.717) is 11.3 Å². The molecular weight excluding hydrogens is 264 g/mol. The predicted molar refractivity (Wildman–Crippen MR) is 86.9 cm³/mol. The molecule has 1 aliphatic rings. The molecule has 1 aromatic rings. The van der Waals surface area contributed by atoms with Crippen LogP contribution in [-0.2, 0) is 4.79 Å². The smallest absolute Gasteiger partial charge is 0.158 e. The van der Waals surface area contributed by atoms with Gasteiger partial charge in [-0.15, -0.1) is 0 Å². The van der Waals surface area contributed by atoms with E-state index in [9.17, 15) is 4.79 Å². The Morgan fingerprint density at radius 3 is 2.55 bits per heavy atom. The molecular formula is C17H24O2Si. The van der Waals surface area contributed by atoms with E-state index in [-0.39, 0.29) is 0 Å². The minimum atomic E-state index is -1.21. The van der Waals surface area contributed by atoms with Crippen LogP contribution in [0, 0.1) is 0 Å². The maximum absolute atomic E-state index is 12.4. The predicted octanol–water partition coefficient (Wildman–Crippen LogP) is 4.54. The summed E-state index contributed by atoms with van der Waals surface area (Å²) in [5, 5.41) is 0. The Kier molecular flexibility index (Phi) is 4.48. The normalized spacial score (nSPS) is 22.1. The first kappa shape index (κ1) is 15.0. The molecule has 0 bridgehead atoms. The highest BCUT2D eigenvalue weighted by molar-refractivity contribution is 6.77. The average Bonchev–Trinajstić information content (AvgIpc) is 2.40. The molecule has 0 amide bonds. The summed E-state index contributed by atoms with van der Waals surface area (Å²) < 4.78 is 5.35. The number of ether oxygens (including phenoxy) is 1.